The van der Waals surface area contributed by atoms with E-state index in [2.05, 4.69) is 30.0 Å². The lowest BCUT2D eigenvalue weighted by Crippen LogP contribution is -2.20. The average Bonchev–Trinajstić information content (AvgIpc) is 2.88. The van der Waals surface area contributed by atoms with Crippen LogP contribution in [0.25, 0.3) is 0 Å². The Bertz CT molecular complexity index is 403. The fraction of sp³-hybridized carbons (Fsp3) is 0.600. The lowest BCUT2D eigenvalue weighted by Gasteiger charge is -2.20. The minimum absolute atomic E-state index is 0.150. The highest BCUT2D eigenvalue weighted by Crippen LogP contribution is 2.39. The maximum absolute atomic E-state index is 9.19. The fourth-order valence-electron chi connectivity index (χ4n) is 3.50. The summed E-state index contributed by atoms with van der Waals surface area (Å²) in [6.07, 6.45) is 4.29. The van der Waals surface area contributed by atoms with Gasteiger partial charge in [-0.3, -0.25) is 0 Å². The third-order valence-electron chi connectivity index (χ3n) is 4.59. The van der Waals surface area contributed by atoms with Crippen molar-refractivity contribution >= 4 is 5.69 Å². The van der Waals surface area contributed by atoms with Crippen LogP contribution < -0.4 is 4.90 Å². The predicted molar refractivity (Wildman–Crippen MR) is 70.1 cm³/mol. The minimum Gasteiger partial charge on any atom is -0.392 e. The molecule has 2 unspecified atom stereocenters. The Labute approximate surface area is 103 Å². The van der Waals surface area contributed by atoms with Crippen LogP contribution in [0.3, 0.4) is 0 Å². The summed E-state index contributed by atoms with van der Waals surface area (Å²) in [5, 5.41) is 9.19. The summed E-state index contributed by atoms with van der Waals surface area (Å²) < 4.78 is 0. The molecule has 1 saturated heterocycles. The van der Waals surface area contributed by atoms with Gasteiger partial charge in [0.2, 0.25) is 0 Å². The molecule has 1 N–H and O–H groups in total. The first-order valence-corrected chi connectivity index (χ1v) is 6.73. The van der Waals surface area contributed by atoms with Crippen LogP contribution in [0, 0.1) is 18.8 Å². The molecule has 0 amide bonds. The first kappa shape index (κ1) is 11.1. The molecule has 2 atom stereocenters. The third kappa shape index (κ3) is 1.95. The third-order valence-corrected chi connectivity index (χ3v) is 4.59. The molecule has 1 heterocycles. The smallest absolute Gasteiger partial charge is 0.0684 e. The van der Waals surface area contributed by atoms with Gasteiger partial charge in [-0.2, -0.15) is 0 Å². The highest BCUT2D eigenvalue weighted by molar-refractivity contribution is 5.51. The van der Waals surface area contributed by atoms with Gasteiger partial charge < -0.3 is 10.0 Å². The molecule has 1 aliphatic carbocycles. The molecule has 17 heavy (non-hydrogen) atoms. The number of aliphatic hydroxyl groups excluding tert-OH is 1. The highest BCUT2D eigenvalue weighted by atomic mass is 16.3. The number of benzene rings is 1. The number of rotatable bonds is 2. The summed E-state index contributed by atoms with van der Waals surface area (Å²) in [5.41, 5.74) is 3.60. The SMILES string of the molecule is Cc1cc(N2CC3CCCC3C2)ccc1CO. The van der Waals surface area contributed by atoms with Gasteiger partial charge in [0, 0.05) is 18.8 Å². The molecule has 92 valence electrons. The summed E-state index contributed by atoms with van der Waals surface area (Å²) in [7, 11) is 0. The Morgan fingerprint density at radius 3 is 2.53 bits per heavy atom. The Kier molecular flexibility index (Phi) is 2.83. The molecule has 1 aromatic carbocycles. The molecule has 2 heteroatoms. The van der Waals surface area contributed by atoms with E-state index in [1.165, 1.54) is 43.6 Å². The second-order valence-corrected chi connectivity index (χ2v) is 5.62. The summed E-state index contributed by atoms with van der Waals surface area (Å²) in [6.45, 7) is 4.72. The van der Waals surface area contributed by atoms with Crippen molar-refractivity contribution in [2.45, 2.75) is 32.8 Å². The van der Waals surface area contributed by atoms with Crippen molar-refractivity contribution in [1.82, 2.24) is 0 Å². The number of fused-ring (bicyclic) bond motifs is 1. The zero-order valence-electron chi connectivity index (χ0n) is 10.5. The van der Waals surface area contributed by atoms with Crippen LogP contribution in [0.15, 0.2) is 18.2 Å². The second-order valence-electron chi connectivity index (χ2n) is 5.62. The molecule has 0 aromatic heterocycles. The summed E-state index contributed by atoms with van der Waals surface area (Å²) in [4.78, 5) is 2.53. The van der Waals surface area contributed by atoms with Crippen LogP contribution in [0.5, 0.6) is 0 Å². The second kappa shape index (κ2) is 4.34. The summed E-state index contributed by atoms with van der Waals surface area (Å²) >= 11 is 0. The lowest BCUT2D eigenvalue weighted by molar-refractivity contribution is 0.281. The van der Waals surface area contributed by atoms with Gasteiger partial charge in [0.25, 0.3) is 0 Å². The lowest BCUT2D eigenvalue weighted by atomic mass is 10.0. The minimum atomic E-state index is 0.150. The summed E-state index contributed by atoms with van der Waals surface area (Å²) in [6, 6.07) is 6.46. The van der Waals surface area contributed by atoms with Crippen LogP contribution in [0.2, 0.25) is 0 Å². The molecule has 2 nitrogen and oxygen atoms in total. The van der Waals surface area contributed by atoms with Crippen molar-refractivity contribution in [1.29, 1.82) is 0 Å². The maximum atomic E-state index is 9.19. The van der Waals surface area contributed by atoms with E-state index in [1.807, 2.05) is 0 Å². The number of aryl methyl sites for hydroxylation is 1. The zero-order valence-corrected chi connectivity index (χ0v) is 10.5. The number of hydrogen-bond acceptors (Lipinski definition) is 2. The van der Waals surface area contributed by atoms with E-state index in [-0.39, 0.29) is 6.61 Å². The molecule has 2 fully saturated rings. The molecule has 1 aliphatic heterocycles. The molecule has 3 rings (SSSR count). The number of anilines is 1. The molecule has 0 radical (unpaired) electrons. The number of nitrogens with zero attached hydrogens (tertiary/aromatic N) is 1. The van der Waals surface area contributed by atoms with Gasteiger partial charge in [-0.15, -0.1) is 0 Å². The van der Waals surface area contributed by atoms with Gasteiger partial charge in [0.1, 0.15) is 0 Å². The highest BCUT2D eigenvalue weighted by Gasteiger charge is 2.36. The Morgan fingerprint density at radius 1 is 1.24 bits per heavy atom. The van der Waals surface area contributed by atoms with Crippen molar-refractivity contribution in [2.75, 3.05) is 18.0 Å². The van der Waals surface area contributed by atoms with Gasteiger partial charge in [0.05, 0.1) is 6.61 Å². The van der Waals surface area contributed by atoms with E-state index >= 15 is 0 Å². The quantitative estimate of drug-likeness (QED) is 0.846. The van der Waals surface area contributed by atoms with Gasteiger partial charge in [0.15, 0.2) is 0 Å². The fourth-order valence-corrected chi connectivity index (χ4v) is 3.50. The van der Waals surface area contributed by atoms with Crippen molar-refractivity contribution in [3.63, 3.8) is 0 Å². The van der Waals surface area contributed by atoms with Crippen LogP contribution in [-0.4, -0.2) is 18.2 Å². The standard InChI is InChI=1S/C15H21NO/c1-11-7-15(6-5-14(11)10-17)16-8-12-3-2-4-13(12)9-16/h5-7,12-13,17H,2-4,8-10H2,1H3. The van der Waals surface area contributed by atoms with Crippen LogP contribution in [0.1, 0.15) is 30.4 Å². The molecular formula is C15H21NO. The Hall–Kier alpha value is -1.02. The van der Waals surface area contributed by atoms with E-state index in [0.717, 1.165) is 17.4 Å². The molecule has 0 bridgehead atoms. The molecule has 1 saturated carbocycles. The van der Waals surface area contributed by atoms with E-state index in [9.17, 15) is 5.11 Å². The maximum Gasteiger partial charge on any atom is 0.0684 e. The average molecular weight is 231 g/mol. The molecule has 1 aromatic rings. The van der Waals surface area contributed by atoms with Crippen molar-refractivity contribution in [3.05, 3.63) is 29.3 Å². The van der Waals surface area contributed by atoms with Crippen molar-refractivity contribution in [3.8, 4) is 0 Å². The number of aliphatic hydroxyl groups is 1. The first-order valence-electron chi connectivity index (χ1n) is 6.73. The van der Waals surface area contributed by atoms with Gasteiger partial charge in [-0.25, -0.2) is 0 Å². The van der Waals surface area contributed by atoms with Gasteiger partial charge >= 0.3 is 0 Å². The van der Waals surface area contributed by atoms with E-state index < -0.39 is 0 Å². The number of hydrogen-bond donors (Lipinski definition) is 1. The predicted octanol–water partition coefficient (Wildman–Crippen LogP) is 2.72. The molecule has 2 aliphatic rings. The van der Waals surface area contributed by atoms with E-state index in [4.69, 9.17) is 0 Å². The van der Waals surface area contributed by atoms with Gasteiger partial charge in [-0.1, -0.05) is 12.5 Å². The Morgan fingerprint density at radius 2 is 1.94 bits per heavy atom. The largest absolute Gasteiger partial charge is 0.392 e. The molecule has 0 spiro atoms. The zero-order chi connectivity index (χ0) is 11.8. The normalized spacial score (nSPS) is 27.5. The summed E-state index contributed by atoms with van der Waals surface area (Å²) in [5.74, 6) is 1.88. The Balaban J connectivity index is 1.79. The topological polar surface area (TPSA) is 23.5 Å². The van der Waals surface area contributed by atoms with E-state index in [1.54, 1.807) is 0 Å². The van der Waals surface area contributed by atoms with Crippen molar-refractivity contribution in [2.24, 2.45) is 11.8 Å². The van der Waals surface area contributed by atoms with Gasteiger partial charge in [-0.05, 0) is 54.9 Å². The van der Waals surface area contributed by atoms with E-state index in [0.29, 0.717) is 0 Å². The van der Waals surface area contributed by atoms with Crippen LogP contribution in [0.4, 0.5) is 5.69 Å². The van der Waals surface area contributed by atoms with Crippen LogP contribution in [-0.2, 0) is 6.61 Å². The molecular weight excluding hydrogens is 210 g/mol. The first-order chi connectivity index (χ1) is 8.28. The van der Waals surface area contributed by atoms with Crippen molar-refractivity contribution < 1.29 is 5.11 Å². The monoisotopic (exact) mass is 231 g/mol. The van der Waals surface area contributed by atoms with Crippen LogP contribution >= 0.6 is 0 Å².